The molecule has 106 valence electrons. The molecule has 0 aliphatic carbocycles. The molecular formula is C13H15ClN4O2. The molecule has 2 aromatic rings. The zero-order valence-corrected chi connectivity index (χ0v) is 12.1. The van der Waals surface area contributed by atoms with Crippen LogP contribution in [0.1, 0.15) is 18.0 Å². The molecule has 1 fully saturated rings. The summed E-state index contributed by atoms with van der Waals surface area (Å²) >= 11 is 6.24. The normalized spacial score (nSPS) is 18.9. The van der Waals surface area contributed by atoms with Crippen LogP contribution in [0.4, 0.5) is 0 Å². The van der Waals surface area contributed by atoms with E-state index in [0.717, 1.165) is 25.2 Å². The Morgan fingerprint density at radius 2 is 2.15 bits per heavy atom. The molecule has 3 rings (SSSR count). The van der Waals surface area contributed by atoms with Gasteiger partial charge in [0.15, 0.2) is 5.15 Å². The number of halogens is 1. The Bertz CT molecular complexity index is 803. The van der Waals surface area contributed by atoms with E-state index in [0.29, 0.717) is 10.8 Å². The van der Waals surface area contributed by atoms with E-state index in [1.54, 1.807) is 11.6 Å². The quantitative estimate of drug-likeness (QED) is 0.825. The number of rotatable bonds is 1. The van der Waals surface area contributed by atoms with Gasteiger partial charge in [0, 0.05) is 43.7 Å². The van der Waals surface area contributed by atoms with Crippen LogP contribution in [-0.2, 0) is 14.1 Å². The molecule has 1 N–H and O–H groups in total. The van der Waals surface area contributed by atoms with E-state index in [1.807, 2.05) is 0 Å². The second kappa shape index (κ2) is 4.71. The predicted molar refractivity (Wildman–Crippen MR) is 77.5 cm³/mol. The van der Waals surface area contributed by atoms with Crippen LogP contribution in [0.5, 0.6) is 0 Å². The molecule has 0 saturated carbocycles. The van der Waals surface area contributed by atoms with E-state index in [9.17, 15) is 9.59 Å². The Labute approximate surface area is 120 Å². The standard InChI is InChI=1S/C13H15ClN4O2/c1-17-9(19)5-8-10(11(17)7-3-4-15-6-7)12(14)16-18(2)13(8)20/h5,7,15H,3-4,6H2,1-2H3. The SMILES string of the molecule is Cn1nc(Cl)c2c(C3CCNC3)n(C)c(=O)cc2c1=O. The molecule has 0 aromatic carbocycles. The van der Waals surface area contributed by atoms with Crippen molar-refractivity contribution in [3.05, 3.63) is 37.6 Å². The Hall–Kier alpha value is -1.66. The lowest BCUT2D eigenvalue weighted by atomic mass is 9.99. The number of aromatic nitrogens is 3. The van der Waals surface area contributed by atoms with Crippen molar-refractivity contribution in [2.45, 2.75) is 12.3 Å². The molecule has 1 atom stereocenters. The molecule has 6 nitrogen and oxygen atoms in total. The van der Waals surface area contributed by atoms with E-state index >= 15 is 0 Å². The zero-order valence-electron chi connectivity index (χ0n) is 11.3. The van der Waals surface area contributed by atoms with Gasteiger partial charge in [0.25, 0.3) is 11.1 Å². The number of nitrogens with zero attached hydrogens (tertiary/aromatic N) is 3. The lowest BCUT2D eigenvalue weighted by molar-refractivity contribution is 0.665. The predicted octanol–water partition coefficient (Wildman–Crippen LogP) is 0.363. The van der Waals surface area contributed by atoms with Crippen LogP contribution in [0.3, 0.4) is 0 Å². The van der Waals surface area contributed by atoms with Crippen LogP contribution in [0.2, 0.25) is 5.15 Å². The topological polar surface area (TPSA) is 68.9 Å². The highest BCUT2D eigenvalue weighted by Gasteiger charge is 2.25. The summed E-state index contributed by atoms with van der Waals surface area (Å²) in [6, 6.07) is 1.34. The number of aryl methyl sites for hydroxylation is 1. The van der Waals surface area contributed by atoms with Gasteiger partial charge in [-0.15, -0.1) is 0 Å². The maximum Gasteiger partial charge on any atom is 0.274 e. The first kappa shape index (κ1) is 13.3. The third-order valence-corrected chi connectivity index (χ3v) is 4.17. The molecule has 7 heteroatoms. The van der Waals surface area contributed by atoms with Crippen molar-refractivity contribution in [3.8, 4) is 0 Å². The number of hydrogen-bond acceptors (Lipinski definition) is 4. The molecule has 2 aromatic heterocycles. The van der Waals surface area contributed by atoms with Crippen molar-refractivity contribution in [1.29, 1.82) is 0 Å². The van der Waals surface area contributed by atoms with Crippen LogP contribution in [0.25, 0.3) is 10.8 Å². The Morgan fingerprint density at radius 1 is 1.40 bits per heavy atom. The van der Waals surface area contributed by atoms with Crippen molar-refractivity contribution >= 4 is 22.4 Å². The molecule has 1 aliphatic heterocycles. The van der Waals surface area contributed by atoms with Gasteiger partial charge in [0.2, 0.25) is 0 Å². The van der Waals surface area contributed by atoms with Gasteiger partial charge < -0.3 is 9.88 Å². The fraction of sp³-hybridized carbons (Fsp3) is 0.462. The van der Waals surface area contributed by atoms with Crippen molar-refractivity contribution in [3.63, 3.8) is 0 Å². The Morgan fingerprint density at radius 3 is 2.80 bits per heavy atom. The number of nitrogens with one attached hydrogen (secondary N) is 1. The number of fused-ring (bicyclic) bond motifs is 1. The lowest BCUT2D eigenvalue weighted by Gasteiger charge is -2.17. The maximum atomic E-state index is 12.2. The highest BCUT2D eigenvalue weighted by molar-refractivity contribution is 6.34. The summed E-state index contributed by atoms with van der Waals surface area (Å²) in [5.41, 5.74) is 0.306. The van der Waals surface area contributed by atoms with Crippen LogP contribution in [0.15, 0.2) is 15.7 Å². The number of hydrogen-bond donors (Lipinski definition) is 1. The number of pyridine rings is 1. The zero-order chi connectivity index (χ0) is 14.4. The fourth-order valence-corrected chi connectivity index (χ4v) is 3.18. The van der Waals surface area contributed by atoms with Crippen molar-refractivity contribution < 1.29 is 0 Å². The fourth-order valence-electron chi connectivity index (χ4n) is 2.87. The van der Waals surface area contributed by atoms with E-state index in [-0.39, 0.29) is 22.2 Å². The molecule has 0 radical (unpaired) electrons. The monoisotopic (exact) mass is 294 g/mol. The van der Waals surface area contributed by atoms with E-state index in [4.69, 9.17) is 11.6 Å². The van der Waals surface area contributed by atoms with Gasteiger partial charge in [0.1, 0.15) is 0 Å². The molecular weight excluding hydrogens is 280 g/mol. The van der Waals surface area contributed by atoms with E-state index < -0.39 is 0 Å². The minimum atomic E-state index is -0.297. The first-order valence-corrected chi connectivity index (χ1v) is 6.85. The van der Waals surface area contributed by atoms with Gasteiger partial charge in [0.05, 0.1) is 5.39 Å². The van der Waals surface area contributed by atoms with Crippen LogP contribution in [-0.4, -0.2) is 27.4 Å². The first-order valence-electron chi connectivity index (χ1n) is 6.48. The smallest absolute Gasteiger partial charge is 0.274 e. The summed E-state index contributed by atoms with van der Waals surface area (Å²) < 4.78 is 2.74. The molecule has 1 unspecified atom stereocenters. The van der Waals surface area contributed by atoms with E-state index in [2.05, 4.69) is 10.4 Å². The van der Waals surface area contributed by atoms with Crippen molar-refractivity contribution in [1.82, 2.24) is 19.7 Å². The van der Waals surface area contributed by atoms with Gasteiger partial charge in [-0.05, 0) is 13.0 Å². The van der Waals surface area contributed by atoms with Gasteiger partial charge in [-0.1, -0.05) is 11.6 Å². The highest BCUT2D eigenvalue weighted by atomic mass is 35.5. The molecule has 0 spiro atoms. The summed E-state index contributed by atoms with van der Waals surface area (Å²) in [6.45, 7) is 1.67. The summed E-state index contributed by atoms with van der Waals surface area (Å²) in [7, 11) is 3.24. The van der Waals surface area contributed by atoms with Gasteiger partial charge >= 0.3 is 0 Å². The minimum absolute atomic E-state index is 0.169. The van der Waals surface area contributed by atoms with Crippen LogP contribution < -0.4 is 16.4 Å². The minimum Gasteiger partial charge on any atom is -0.316 e. The average molecular weight is 295 g/mol. The third-order valence-electron chi connectivity index (χ3n) is 3.90. The summed E-state index contributed by atoms with van der Waals surface area (Å²) in [6.07, 6.45) is 0.915. The van der Waals surface area contributed by atoms with Crippen LogP contribution in [0, 0.1) is 0 Å². The summed E-state index contributed by atoms with van der Waals surface area (Å²) in [5, 5.41) is 8.51. The van der Waals surface area contributed by atoms with Crippen molar-refractivity contribution in [2.24, 2.45) is 14.1 Å². The van der Waals surface area contributed by atoms with Gasteiger partial charge in [-0.2, -0.15) is 5.10 Å². The summed E-state index contributed by atoms with van der Waals surface area (Å²) in [5.74, 6) is 0.169. The van der Waals surface area contributed by atoms with E-state index in [1.165, 1.54) is 17.8 Å². The third kappa shape index (κ3) is 1.87. The average Bonchev–Trinajstić information content (AvgIpc) is 2.92. The Balaban J connectivity index is 2.48. The highest BCUT2D eigenvalue weighted by Crippen LogP contribution is 2.30. The summed E-state index contributed by atoms with van der Waals surface area (Å²) in [4.78, 5) is 24.3. The van der Waals surface area contributed by atoms with Crippen LogP contribution >= 0.6 is 11.6 Å². The molecule has 1 aliphatic rings. The first-order chi connectivity index (χ1) is 9.50. The van der Waals surface area contributed by atoms with Crippen molar-refractivity contribution in [2.75, 3.05) is 13.1 Å². The molecule has 0 amide bonds. The largest absolute Gasteiger partial charge is 0.316 e. The Kier molecular flexibility index (Phi) is 3.14. The molecule has 20 heavy (non-hydrogen) atoms. The lowest BCUT2D eigenvalue weighted by Crippen LogP contribution is -2.28. The molecule has 3 heterocycles. The molecule has 0 bridgehead atoms. The van der Waals surface area contributed by atoms with Gasteiger partial charge in [-0.25, -0.2) is 4.68 Å². The van der Waals surface area contributed by atoms with Gasteiger partial charge in [-0.3, -0.25) is 9.59 Å². The second-order valence-electron chi connectivity index (χ2n) is 5.12. The second-order valence-corrected chi connectivity index (χ2v) is 5.48. The molecule has 1 saturated heterocycles. The maximum absolute atomic E-state index is 12.2.